The molecule has 19 heavy (non-hydrogen) atoms. The number of hydrogen-bond donors (Lipinski definition) is 2. The van der Waals surface area contributed by atoms with Gasteiger partial charge >= 0.3 is 6.09 Å². The fourth-order valence-electron chi connectivity index (χ4n) is 1.80. The number of hydrogen-bond acceptors (Lipinski definition) is 4. The van der Waals surface area contributed by atoms with Crippen LogP contribution >= 0.6 is 11.3 Å². The zero-order valence-corrected chi connectivity index (χ0v) is 13.0. The van der Waals surface area contributed by atoms with E-state index in [4.69, 9.17) is 10.5 Å². The number of nitrogens with two attached hydrogens (primary N) is 1. The maximum absolute atomic E-state index is 11.6. The van der Waals surface area contributed by atoms with E-state index in [1.165, 1.54) is 10.4 Å². The zero-order valence-electron chi connectivity index (χ0n) is 12.2. The Morgan fingerprint density at radius 1 is 1.53 bits per heavy atom. The Hall–Kier alpha value is -1.07. The second-order valence-corrected chi connectivity index (χ2v) is 6.43. The Morgan fingerprint density at radius 2 is 2.21 bits per heavy atom. The SMILES string of the molecule is CCc1ccsc1C(CN)CNC(=O)OC(C)(C)C. The van der Waals surface area contributed by atoms with E-state index in [0.29, 0.717) is 13.1 Å². The average molecular weight is 284 g/mol. The van der Waals surface area contributed by atoms with Gasteiger partial charge in [-0.1, -0.05) is 6.92 Å². The van der Waals surface area contributed by atoms with E-state index in [9.17, 15) is 4.79 Å². The highest BCUT2D eigenvalue weighted by atomic mass is 32.1. The summed E-state index contributed by atoms with van der Waals surface area (Å²) in [4.78, 5) is 12.9. The van der Waals surface area contributed by atoms with Gasteiger partial charge < -0.3 is 15.8 Å². The molecule has 0 aliphatic heterocycles. The summed E-state index contributed by atoms with van der Waals surface area (Å²) in [5.74, 6) is 0.155. The number of carbonyl (C=O) groups excluding carboxylic acids is 1. The quantitative estimate of drug-likeness (QED) is 0.874. The fourth-order valence-corrected chi connectivity index (χ4v) is 2.92. The summed E-state index contributed by atoms with van der Waals surface area (Å²) in [5, 5.41) is 4.87. The van der Waals surface area contributed by atoms with Crippen molar-refractivity contribution >= 4 is 17.4 Å². The lowest BCUT2D eigenvalue weighted by molar-refractivity contribution is 0.0525. The maximum atomic E-state index is 11.6. The van der Waals surface area contributed by atoms with Crippen molar-refractivity contribution in [2.24, 2.45) is 5.73 Å². The van der Waals surface area contributed by atoms with Gasteiger partial charge in [-0.3, -0.25) is 0 Å². The lowest BCUT2D eigenvalue weighted by Gasteiger charge is -2.21. The van der Waals surface area contributed by atoms with Gasteiger partial charge in [0.15, 0.2) is 0 Å². The summed E-state index contributed by atoms with van der Waals surface area (Å²) in [7, 11) is 0. The molecule has 1 aromatic heterocycles. The Morgan fingerprint density at radius 3 is 2.74 bits per heavy atom. The van der Waals surface area contributed by atoms with Crippen molar-refractivity contribution in [2.75, 3.05) is 13.1 Å². The summed E-state index contributed by atoms with van der Waals surface area (Å²) in [6.45, 7) is 8.70. The maximum Gasteiger partial charge on any atom is 0.407 e. The van der Waals surface area contributed by atoms with Crippen molar-refractivity contribution in [3.05, 3.63) is 21.9 Å². The first-order valence-corrected chi connectivity index (χ1v) is 7.48. The van der Waals surface area contributed by atoms with Crippen molar-refractivity contribution in [2.45, 2.75) is 45.6 Å². The zero-order chi connectivity index (χ0) is 14.5. The van der Waals surface area contributed by atoms with Gasteiger partial charge in [0.1, 0.15) is 5.60 Å². The van der Waals surface area contributed by atoms with E-state index < -0.39 is 5.60 Å². The highest BCUT2D eigenvalue weighted by Crippen LogP contribution is 2.25. The molecule has 0 bridgehead atoms. The van der Waals surface area contributed by atoms with Crippen LogP contribution in [0.5, 0.6) is 0 Å². The van der Waals surface area contributed by atoms with Crippen LogP contribution in [0.25, 0.3) is 0 Å². The molecule has 0 saturated heterocycles. The molecule has 0 saturated carbocycles. The fraction of sp³-hybridized carbons (Fsp3) is 0.643. The van der Waals surface area contributed by atoms with E-state index in [1.54, 1.807) is 11.3 Å². The van der Waals surface area contributed by atoms with Crippen LogP contribution in [-0.4, -0.2) is 24.8 Å². The second kappa shape index (κ2) is 6.91. The van der Waals surface area contributed by atoms with Gasteiger partial charge in [0, 0.05) is 23.9 Å². The minimum Gasteiger partial charge on any atom is -0.444 e. The van der Waals surface area contributed by atoms with E-state index in [-0.39, 0.29) is 12.0 Å². The number of rotatable bonds is 5. The summed E-state index contributed by atoms with van der Waals surface area (Å²) in [6.07, 6.45) is 0.599. The molecule has 0 aliphatic rings. The Kier molecular flexibility index (Phi) is 5.82. The van der Waals surface area contributed by atoms with Crippen LogP contribution in [0.4, 0.5) is 4.79 Å². The molecule has 1 unspecified atom stereocenters. The monoisotopic (exact) mass is 284 g/mol. The van der Waals surface area contributed by atoms with Crippen molar-refractivity contribution in [1.82, 2.24) is 5.32 Å². The van der Waals surface area contributed by atoms with E-state index in [0.717, 1.165) is 6.42 Å². The molecule has 0 fully saturated rings. The van der Waals surface area contributed by atoms with Gasteiger partial charge in [-0.05, 0) is 44.2 Å². The molecule has 0 aliphatic carbocycles. The highest BCUT2D eigenvalue weighted by Gasteiger charge is 2.19. The second-order valence-electron chi connectivity index (χ2n) is 5.48. The lowest BCUT2D eigenvalue weighted by atomic mass is 10.0. The molecule has 1 heterocycles. The number of aryl methyl sites for hydroxylation is 1. The van der Waals surface area contributed by atoms with Gasteiger partial charge in [0.2, 0.25) is 0 Å². The Bertz CT molecular complexity index is 410. The predicted molar refractivity (Wildman–Crippen MR) is 79.7 cm³/mol. The Labute approximate surface area is 119 Å². The van der Waals surface area contributed by atoms with Crippen LogP contribution < -0.4 is 11.1 Å². The number of carbonyl (C=O) groups is 1. The number of thiophene rings is 1. The molecule has 0 aromatic carbocycles. The smallest absolute Gasteiger partial charge is 0.407 e. The normalized spacial score (nSPS) is 13.1. The van der Waals surface area contributed by atoms with Gasteiger partial charge in [-0.15, -0.1) is 11.3 Å². The molecule has 5 heteroatoms. The number of nitrogens with one attached hydrogen (secondary N) is 1. The third kappa shape index (κ3) is 5.20. The molecule has 0 radical (unpaired) electrons. The Balaban J connectivity index is 2.57. The van der Waals surface area contributed by atoms with Gasteiger partial charge in [0.25, 0.3) is 0 Å². The average Bonchev–Trinajstić information content (AvgIpc) is 2.76. The molecule has 108 valence electrons. The number of alkyl carbamates (subject to hydrolysis) is 1. The minimum atomic E-state index is -0.472. The van der Waals surface area contributed by atoms with Crippen molar-refractivity contribution < 1.29 is 9.53 Å². The first-order chi connectivity index (χ1) is 8.87. The standard InChI is InChI=1S/C14H24N2O2S/c1-5-10-6-7-19-12(10)11(8-15)9-16-13(17)18-14(2,3)4/h6-7,11H,5,8-9,15H2,1-4H3,(H,16,17). The molecular formula is C14H24N2O2S. The van der Waals surface area contributed by atoms with Crippen LogP contribution in [0.1, 0.15) is 44.1 Å². The topological polar surface area (TPSA) is 64.3 Å². The largest absolute Gasteiger partial charge is 0.444 e. The summed E-state index contributed by atoms with van der Waals surface area (Å²) < 4.78 is 5.22. The number of amides is 1. The van der Waals surface area contributed by atoms with Crippen LogP contribution in [-0.2, 0) is 11.2 Å². The van der Waals surface area contributed by atoms with Crippen LogP contribution in [0.3, 0.4) is 0 Å². The molecule has 1 rings (SSSR count). The van der Waals surface area contributed by atoms with E-state index in [1.807, 2.05) is 20.8 Å². The van der Waals surface area contributed by atoms with Gasteiger partial charge in [0.05, 0.1) is 0 Å². The van der Waals surface area contributed by atoms with E-state index >= 15 is 0 Å². The molecule has 1 aromatic rings. The lowest BCUT2D eigenvalue weighted by Crippen LogP contribution is -2.36. The summed E-state index contributed by atoms with van der Waals surface area (Å²) in [6, 6.07) is 2.12. The van der Waals surface area contributed by atoms with Crippen LogP contribution in [0.15, 0.2) is 11.4 Å². The van der Waals surface area contributed by atoms with E-state index in [2.05, 4.69) is 23.7 Å². The number of ether oxygens (including phenoxy) is 1. The molecule has 1 atom stereocenters. The van der Waals surface area contributed by atoms with Crippen molar-refractivity contribution in [1.29, 1.82) is 0 Å². The third-order valence-electron chi connectivity index (χ3n) is 2.71. The van der Waals surface area contributed by atoms with Crippen LogP contribution in [0.2, 0.25) is 0 Å². The molecule has 1 amide bonds. The molecule has 3 N–H and O–H groups in total. The first kappa shape index (κ1) is 16.0. The molecular weight excluding hydrogens is 260 g/mol. The highest BCUT2D eigenvalue weighted by molar-refractivity contribution is 7.10. The first-order valence-electron chi connectivity index (χ1n) is 6.60. The third-order valence-corrected chi connectivity index (χ3v) is 3.83. The molecule has 0 spiro atoms. The van der Waals surface area contributed by atoms with Gasteiger partial charge in [-0.25, -0.2) is 4.79 Å². The minimum absolute atomic E-state index is 0.155. The van der Waals surface area contributed by atoms with Crippen molar-refractivity contribution in [3.63, 3.8) is 0 Å². The van der Waals surface area contributed by atoms with Crippen molar-refractivity contribution in [3.8, 4) is 0 Å². The summed E-state index contributed by atoms with van der Waals surface area (Å²) >= 11 is 1.70. The molecule has 4 nitrogen and oxygen atoms in total. The van der Waals surface area contributed by atoms with Crippen LogP contribution in [0, 0.1) is 0 Å². The van der Waals surface area contributed by atoms with Gasteiger partial charge in [-0.2, -0.15) is 0 Å². The summed E-state index contributed by atoms with van der Waals surface area (Å²) in [5.41, 5.74) is 6.65. The predicted octanol–water partition coefficient (Wildman–Crippen LogP) is 2.88.